The van der Waals surface area contributed by atoms with Gasteiger partial charge in [-0.1, -0.05) is 17.7 Å². The molecule has 0 amide bonds. The normalized spacial score (nSPS) is 10.3. The maximum atomic E-state index is 11.5. The van der Waals surface area contributed by atoms with E-state index < -0.39 is 0 Å². The van der Waals surface area contributed by atoms with E-state index in [9.17, 15) is 4.79 Å². The van der Waals surface area contributed by atoms with Gasteiger partial charge in [-0.3, -0.25) is 4.79 Å². The van der Waals surface area contributed by atoms with Gasteiger partial charge in [0.05, 0.1) is 6.54 Å². The van der Waals surface area contributed by atoms with E-state index in [-0.39, 0.29) is 11.3 Å². The molecule has 0 fully saturated rings. The molecule has 0 saturated carbocycles. The lowest BCUT2D eigenvalue weighted by Gasteiger charge is -2.05. The van der Waals surface area contributed by atoms with E-state index in [1.807, 2.05) is 0 Å². The van der Waals surface area contributed by atoms with Crippen molar-refractivity contribution in [2.24, 2.45) is 0 Å². The van der Waals surface area contributed by atoms with Gasteiger partial charge in [-0.2, -0.15) is 0 Å². The van der Waals surface area contributed by atoms with Crippen LogP contribution in [0.4, 0.5) is 0 Å². The summed E-state index contributed by atoms with van der Waals surface area (Å²) in [6, 6.07) is 6.10. The second-order valence-corrected chi connectivity index (χ2v) is 3.73. The summed E-state index contributed by atoms with van der Waals surface area (Å²) < 4.78 is 1.48. The summed E-state index contributed by atoms with van der Waals surface area (Å²) >= 11 is 5.65. The Morgan fingerprint density at radius 1 is 1.38 bits per heavy atom. The zero-order chi connectivity index (χ0) is 11.5. The van der Waals surface area contributed by atoms with E-state index in [1.54, 1.807) is 18.3 Å². The topological polar surface area (TPSA) is 55.1 Å². The van der Waals surface area contributed by atoms with Crippen molar-refractivity contribution in [1.82, 2.24) is 9.55 Å². The Kier molecular flexibility index (Phi) is 2.92. The first-order valence-electron chi connectivity index (χ1n) is 4.65. The van der Waals surface area contributed by atoms with Crippen molar-refractivity contribution < 1.29 is 5.11 Å². The van der Waals surface area contributed by atoms with Crippen molar-refractivity contribution in [2.45, 2.75) is 6.54 Å². The molecule has 0 radical (unpaired) electrons. The summed E-state index contributed by atoms with van der Waals surface area (Å²) in [7, 11) is 0. The minimum absolute atomic E-state index is 0.0320. The number of hydrogen-bond acceptors (Lipinski definition) is 3. The maximum absolute atomic E-state index is 11.5. The van der Waals surface area contributed by atoms with E-state index in [0.29, 0.717) is 11.7 Å². The summed E-state index contributed by atoms with van der Waals surface area (Å²) in [5.41, 5.74) is 0.618. The minimum atomic E-state index is -0.255. The molecule has 2 aromatic rings. The fraction of sp³-hybridized carbons (Fsp3) is 0.0909. The van der Waals surface area contributed by atoms with Gasteiger partial charge in [-0.15, -0.1) is 0 Å². The van der Waals surface area contributed by atoms with Gasteiger partial charge in [0, 0.05) is 18.5 Å². The van der Waals surface area contributed by atoms with Crippen LogP contribution >= 0.6 is 11.6 Å². The van der Waals surface area contributed by atoms with Crippen molar-refractivity contribution >= 4 is 11.6 Å². The van der Waals surface area contributed by atoms with Gasteiger partial charge < -0.3 is 9.67 Å². The molecular weight excluding hydrogens is 228 g/mol. The third-order valence-corrected chi connectivity index (χ3v) is 2.34. The fourth-order valence-corrected chi connectivity index (χ4v) is 1.44. The molecular formula is C11H9ClN2O2. The zero-order valence-corrected chi connectivity index (χ0v) is 9.05. The summed E-state index contributed by atoms with van der Waals surface area (Å²) in [5.74, 6) is -0.0320. The summed E-state index contributed by atoms with van der Waals surface area (Å²) in [4.78, 5) is 15.4. The highest BCUT2D eigenvalue weighted by atomic mass is 35.5. The van der Waals surface area contributed by atoms with Crippen molar-refractivity contribution in [3.05, 3.63) is 57.7 Å². The Morgan fingerprint density at radius 2 is 2.19 bits per heavy atom. The summed E-state index contributed by atoms with van der Waals surface area (Å²) in [5, 5.41) is 9.52. The van der Waals surface area contributed by atoms with Gasteiger partial charge in [0.1, 0.15) is 10.9 Å². The smallest absolute Gasteiger partial charge is 0.254 e. The van der Waals surface area contributed by atoms with E-state index >= 15 is 0 Å². The first-order chi connectivity index (χ1) is 7.65. The molecule has 2 heterocycles. The van der Waals surface area contributed by atoms with Gasteiger partial charge in [-0.05, 0) is 17.7 Å². The zero-order valence-electron chi connectivity index (χ0n) is 8.30. The van der Waals surface area contributed by atoms with Gasteiger partial charge in [0.25, 0.3) is 5.56 Å². The molecule has 16 heavy (non-hydrogen) atoms. The van der Waals surface area contributed by atoms with Crippen LogP contribution < -0.4 is 5.56 Å². The molecule has 2 aromatic heterocycles. The molecule has 0 aromatic carbocycles. The molecule has 5 heteroatoms. The number of rotatable bonds is 2. The standard InChI is InChI=1S/C11H9ClN2O2/c12-10-2-1-8(6-13-10)7-14-4-3-9(15)5-11(14)16/h1-6,15H,7H2. The van der Waals surface area contributed by atoms with Gasteiger partial charge >= 0.3 is 0 Å². The predicted octanol–water partition coefficient (Wildman–Crippen LogP) is 1.65. The Labute approximate surface area is 96.8 Å². The molecule has 1 N–H and O–H groups in total. The molecule has 0 atom stereocenters. The van der Waals surface area contributed by atoms with E-state index in [4.69, 9.17) is 16.7 Å². The van der Waals surface area contributed by atoms with Crippen LogP contribution in [0.25, 0.3) is 0 Å². The van der Waals surface area contributed by atoms with E-state index in [1.165, 1.54) is 22.9 Å². The lowest BCUT2D eigenvalue weighted by molar-refractivity contribution is 0.471. The Hall–Kier alpha value is -1.81. The Balaban J connectivity index is 2.27. The largest absolute Gasteiger partial charge is 0.508 e. The first-order valence-corrected chi connectivity index (χ1v) is 5.03. The van der Waals surface area contributed by atoms with Gasteiger partial charge in [0.2, 0.25) is 0 Å². The van der Waals surface area contributed by atoms with E-state index in [0.717, 1.165) is 5.56 Å². The second-order valence-electron chi connectivity index (χ2n) is 3.34. The van der Waals surface area contributed by atoms with Crippen LogP contribution in [-0.4, -0.2) is 14.7 Å². The number of aromatic hydroxyl groups is 1. The Bertz CT molecular complexity index is 549. The van der Waals surface area contributed by atoms with Crippen molar-refractivity contribution in [2.75, 3.05) is 0 Å². The van der Waals surface area contributed by atoms with Crippen LogP contribution in [0, 0.1) is 0 Å². The molecule has 0 aliphatic carbocycles. The number of halogens is 1. The van der Waals surface area contributed by atoms with Crippen LogP contribution in [0.1, 0.15) is 5.56 Å². The molecule has 0 spiro atoms. The quantitative estimate of drug-likeness (QED) is 0.807. The summed E-state index contributed by atoms with van der Waals surface area (Å²) in [6.45, 7) is 0.406. The first kappa shape index (κ1) is 10.7. The van der Waals surface area contributed by atoms with Crippen LogP contribution in [0.3, 0.4) is 0 Å². The maximum Gasteiger partial charge on any atom is 0.254 e. The minimum Gasteiger partial charge on any atom is -0.508 e. The fourth-order valence-electron chi connectivity index (χ4n) is 1.32. The molecule has 0 bridgehead atoms. The number of nitrogens with zero attached hydrogens (tertiary/aromatic N) is 2. The number of pyridine rings is 2. The summed E-state index contributed by atoms with van der Waals surface area (Å²) in [6.07, 6.45) is 3.15. The highest BCUT2D eigenvalue weighted by Crippen LogP contribution is 2.07. The third kappa shape index (κ3) is 2.41. The van der Waals surface area contributed by atoms with Crippen LogP contribution in [0.15, 0.2) is 41.5 Å². The SMILES string of the molecule is O=c1cc(O)ccn1Cc1ccc(Cl)nc1. The number of aromatic nitrogens is 2. The van der Waals surface area contributed by atoms with Crippen LogP contribution in [0.2, 0.25) is 5.15 Å². The van der Waals surface area contributed by atoms with Crippen molar-refractivity contribution in [1.29, 1.82) is 0 Å². The second kappa shape index (κ2) is 4.37. The van der Waals surface area contributed by atoms with Crippen LogP contribution in [-0.2, 0) is 6.54 Å². The number of hydrogen-bond donors (Lipinski definition) is 1. The average Bonchev–Trinajstić information content (AvgIpc) is 2.25. The predicted molar refractivity (Wildman–Crippen MR) is 60.7 cm³/mol. The molecule has 2 rings (SSSR count). The lowest BCUT2D eigenvalue weighted by atomic mass is 10.3. The lowest BCUT2D eigenvalue weighted by Crippen LogP contribution is -2.18. The van der Waals surface area contributed by atoms with Crippen molar-refractivity contribution in [3.63, 3.8) is 0 Å². The van der Waals surface area contributed by atoms with Crippen LogP contribution in [0.5, 0.6) is 5.75 Å². The molecule has 0 saturated heterocycles. The monoisotopic (exact) mass is 236 g/mol. The average molecular weight is 237 g/mol. The highest BCUT2D eigenvalue weighted by Gasteiger charge is 1.99. The van der Waals surface area contributed by atoms with E-state index in [2.05, 4.69) is 4.98 Å². The molecule has 0 aliphatic rings. The molecule has 0 unspecified atom stereocenters. The highest BCUT2D eigenvalue weighted by molar-refractivity contribution is 6.29. The third-order valence-electron chi connectivity index (χ3n) is 2.12. The van der Waals surface area contributed by atoms with Gasteiger partial charge in [-0.25, -0.2) is 4.98 Å². The van der Waals surface area contributed by atoms with Gasteiger partial charge in [0.15, 0.2) is 0 Å². The Morgan fingerprint density at radius 3 is 2.81 bits per heavy atom. The van der Waals surface area contributed by atoms with Crippen molar-refractivity contribution in [3.8, 4) is 5.75 Å². The molecule has 82 valence electrons. The molecule has 0 aliphatic heterocycles. The molecule has 4 nitrogen and oxygen atoms in total.